The monoisotopic (exact) mass is 488 g/mol. The van der Waals surface area contributed by atoms with Crippen molar-refractivity contribution in [3.8, 4) is 5.75 Å². The zero-order valence-electron chi connectivity index (χ0n) is 19.8. The molecule has 10 heteroatoms. The Balaban J connectivity index is 1.82. The lowest BCUT2D eigenvalue weighted by molar-refractivity contribution is -0.147. The highest BCUT2D eigenvalue weighted by molar-refractivity contribution is 6.22. The van der Waals surface area contributed by atoms with Crippen LogP contribution in [-0.4, -0.2) is 62.0 Å². The number of rotatable bonds is 5. The molecule has 0 heterocycles. The van der Waals surface area contributed by atoms with Crippen LogP contribution in [0.15, 0.2) is 23.0 Å². The first kappa shape index (κ1) is 24.9. The van der Waals surface area contributed by atoms with Crippen molar-refractivity contribution >= 4 is 23.2 Å². The van der Waals surface area contributed by atoms with Gasteiger partial charge < -0.3 is 31.1 Å². The third-order valence-corrected chi connectivity index (χ3v) is 7.19. The minimum atomic E-state index is -2.64. The van der Waals surface area contributed by atoms with Gasteiger partial charge in [-0.15, -0.1) is 0 Å². The highest BCUT2D eigenvalue weighted by Crippen LogP contribution is 2.52. The van der Waals surface area contributed by atoms with Gasteiger partial charge in [-0.25, -0.2) is 4.39 Å². The summed E-state index contributed by atoms with van der Waals surface area (Å²) in [4.78, 5) is 39.4. The fraction of sp³-hybridized carbons (Fsp3) is 0.480. The molecule has 3 aliphatic carbocycles. The normalized spacial score (nSPS) is 26.3. The van der Waals surface area contributed by atoms with Crippen LogP contribution in [0, 0.1) is 23.6 Å². The van der Waals surface area contributed by atoms with Crippen molar-refractivity contribution in [3.63, 3.8) is 0 Å². The molecule has 0 aromatic heterocycles. The van der Waals surface area contributed by atoms with Crippen LogP contribution in [0.5, 0.6) is 5.75 Å². The van der Waals surface area contributed by atoms with Crippen molar-refractivity contribution in [2.24, 2.45) is 23.5 Å². The topological polar surface area (TPSA) is 161 Å². The van der Waals surface area contributed by atoms with Crippen molar-refractivity contribution in [2.45, 2.75) is 45.3 Å². The molecule has 1 unspecified atom stereocenters. The van der Waals surface area contributed by atoms with Gasteiger partial charge in [0.1, 0.15) is 28.7 Å². The summed E-state index contributed by atoms with van der Waals surface area (Å²) in [5.74, 6) is -7.57. The zero-order valence-corrected chi connectivity index (χ0v) is 19.8. The Bertz CT molecular complexity index is 1220. The number of benzene rings is 1. The molecular weight excluding hydrogens is 459 g/mol. The third kappa shape index (κ3) is 3.71. The molecule has 188 valence electrons. The van der Waals surface area contributed by atoms with Gasteiger partial charge in [0.2, 0.25) is 5.78 Å². The third-order valence-electron chi connectivity index (χ3n) is 7.19. The molecule has 3 aliphatic rings. The number of nitrogens with zero attached hydrogens (tertiary/aromatic N) is 1. The maximum absolute atomic E-state index is 15.6. The van der Waals surface area contributed by atoms with Crippen LogP contribution in [-0.2, 0) is 27.3 Å². The van der Waals surface area contributed by atoms with E-state index < -0.39 is 70.0 Å². The lowest BCUT2D eigenvalue weighted by Gasteiger charge is -2.46. The van der Waals surface area contributed by atoms with Gasteiger partial charge in [0.25, 0.3) is 5.91 Å². The number of carbonyl (C=O) groups is 3. The number of phenols is 1. The number of carbonyl (C=O) groups excluding carboxylic acids is 3. The number of hydrogen-bond donors (Lipinski definition) is 5. The average Bonchev–Trinajstić information content (AvgIpc) is 2.73. The number of fused-ring (bicyclic) bond motifs is 3. The number of Topliss-reactive ketones (excluding diaryl/α,β-unsaturated/α-hetero) is 2. The number of phenolic OH excluding ortho intramolecular Hbond substituents is 1. The van der Waals surface area contributed by atoms with E-state index in [-0.39, 0.29) is 41.6 Å². The van der Waals surface area contributed by atoms with Gasteiger partial charge in [0, 0.05) is 42.1 Å². The Morgan fingerprint density at radius 1 is 1.26 bits per heavy atom. The SMILES string of the molecule is CC(C)CN(C)Cc1cc(O)c2c(c1F)CC1C[C@H]3CC(=O)C(C(N)=O)=C(O)[C@@]3(O)C(=O)C1=C2O. The molecule has 1 aromatic carbocycles. The van der Waals surface area contributed by atoms with Crippen molar-refractivity contribution in [1.82, 2.24) is 4.90 Å². The number of aliphatic hydroxyl groups is 3. The molecule has 6 N–H and O–H groups in total. The number of aromatic hydroxyl groups is 1. The molecule has 3 atom stereocenters. The van der Waals surface area contributed by atoms with Crippen LogP contribution < -0.4 is 5.73 Å². The van der Waals surface area contributed by atoms with E-state index in [1.54, 1.807) is 0 Å². The van der Waals surface area contributed by atoms with E-state index >= 15 is 4.39 Å². The molecule has 0 aliphatic heterocycles. The van der Waals surface area contributed by atoms with Crippen LogP contribution in [0.4, 0.5) is 4.39 Å². The second kappa shape index (κ2) is 8.46. The minimum absolute atomic E-state index is 0.0411. The van der Waals surface area contributed by atoms with Gasteiger partial charge in [-0.1, -0.05) is 13.8 Å². The second-order valence-corrected chi connectivity index (χ2v) is 10.2. The molecule has 1 saturated carbocycles. The zero-order chi connectivity index (χ0) is 26.0. The molecule has 1 fully saturated rings. The molecular formula is C25H29FN2O7. The van der Waals surface area contributed by atoms with E-state index in [1.165, 1.54) is 6.07 Å². The standard InChI is InChI=1S/C25H29FN2O7/c1-10(2)8-28(3)9-12-6-15(29)18-14(20(12)26)5-11-4-13-7-16(30)19(24(27)34)23(33)25(13,35)22(32)17(11)21(18)31/h6,10-11,13,29,31,33,35H,4-5,7-9H2,1-3H3,(H2,27,34)/t11?,13-,25-/m0/s1. The maximum Gasteiger partial charge on any atom is 0.255 e. The molecule has 0 radical (unpaired) electrons. The number of primary amides is 1. The highest BCUT2D eigenvalue weighted by Gasteiger charge is 2.60. The van der Waals surface area contributed by atoms with Crippen molar-refractivity contribution in [3.05, 3.63) is 45.5 Å². The van der Waals surface area contributed by atoms with E-state index in [0.717, 1.165) is 0 Å². The Morgan fingerprint density at radius 2 is 1.91 bits per heavy atom. The molecule has 0 spiro atoms. The molecule has 1 amide bonds. The predicted octanol–water partition coefficient (Wildman–Crippen LogP) is 1.65. The minimum Gasteiger partial charge on any atom is -0.508 e. The van der Waals surface area contributed by atoms with Gasteiger partial charge in [-0.3, -0.25) is 14.4 Å². The first-order valence-corrected chi connectivity index (χ1v) is 11.5. The quantitative estimate of drug-likeness (QED) is 0.391. The fourth-order valence-corrected chi connectivity index (χ4v) is 5.82. The number of aliphatic hydroxyl groups excluding tert-OH is 2. The van der Waals surface area contributed by atoms with Crippen molar-refractivity contribution < 1.29 is 39.2 Å². The van der Waals surface area contributed by atoms with Crippen LogP contribution in [0.3, 0.4) is 0 Å². The van der Waals surface area contributed by atoms with E-state index in [0.29, 0.717) is 12.5 Å². The number of halogens is 1. The lowest BCUT2D eigenvalue weighted by atomic mass is 9.59. The first-order valence-electron chi connectivity index (χ1n) is 11.5. The van der Waals surface area contributed by atoms with Crippen LogP contribution in [0.25, 0.3) is 5.76 Å². The Kier molecular flexibility index (Phi) is 6.01. The Hall–Kier alpha value is -3.24. The lowest BCUT2D eigenvalue weighted by Crippen LogP contribution is -2.58. The van der Waals surface area contributed by atoms with E-state index in [4.69, 9.17) is 5.73 Å². The molecule has 0 saturated heterocycles. The van der Waals surface area contributed by atoms with E-state index in [2.05, 4.69) is 0 Å². The summed E-state index contributed by atoms with van der Waals surface area (Å²) in [5, 5.41) is 43.4. The van der Waals surface area contributed by atoms with Crippen LogP contribution >= 0.6 is 0 Å². The fourth-order valence-electron chi connectivity index (χ4n) is 5.82. The molecule has 4 rings (SSSR count). The average molecular weight is 489 g/mol. The van der Waals surface area contributed by atoms with Crippen LogP contribution in [0.2, 0.25) is 0 Å². The number of ketones is 2. The summed E-state index contributed by atoms with van der Waals surface area (Å²) in [7, 11) is 1.83. The smallest absolute Gasteiger partial charge is 0.255 e. The number of nitrogens with two attached hydrogens (primary N) is 1. The summed E-state index contributed by atoms with van der Waals surface area (Å²) in [5.41, 5.74) is 1.42. The van der Waals surface area contributed by atoms with Crippen molar-refractivity contribution in [1.29, 1.82) is 0 Å². The van der Waals surface area contributed by atoms with Gasteiger partial charge in [-0.2, -0.15) is 0 Å². The molecule has 1 aromatic rings. The Labute approximate surface area is 201 Å². The van der Waals surface area contributed by atoms with Gasteiger partial charge in [-0.05, 0) is 37.8 Å². The van der Waals surface area contributed by atoms with Gasteiger partial charge >= 0.3 is 0 Å². The summed E-state index contributed by atoms with van der Waals surface area (Å²) < 4.78 is 15.6. The Morgan fingerprint density at radius 3 is 2.51 bits per heavy atom. The molecule has 35 heavy (non-hydrogen) atoms. The largest absolute Gasteiger partial charge is 0.508 e. The summed E-state index contributed by atoms with van der Waals surface area (Å²) in [6, 6.07) is 1.20. The number of hydrogen-bond acceptors (Lipinski definition) is 8. The summed E-state index contributed by atoms with van der Waals surface area (Å²) in [6.45, 7) is 4.97. The predicted molar refractivity (Wildman–Crippen MR) is 123 cm³/mol. The van der Waals surface area contributed by atoms with Crippen LogP contribution in [0.1, 0.15) is 43.4 Å². The molecule has 0 bridgehead atoms. The highest BCUT2D eigenvalue weighted by atomic mass is 19.1. The van der Waals surface area contributed by atoms with Crippen molar-refractivity contribution in [2.75, 3.05) is 13.6 Å². The molecule has 9 nitrogen and oxygen atoms in total. The van der Waals surface area contributed by atoms with E-state index in [1.807, 2.05) is 25.8 Å². The second-order valence-electron chi connectivity index (χ2n) is 10.2. The van der Waals surface area contributed by atoms with Gasteiger partial charge in [0.05, 0.1) is 5.56 Å². The summed E-state index contributed by atoms with van der Waals surface area (Å²) in [6.07, 6.45) is -0.522. The van der Waals surface area contributed by atoms with E-state index in [9.17, 15) is 34.8 Å². The first-order chi connectivity index (χ1) is 16.3. The maximum atomic E-state index is 15.6. The number of amides is 1. The summed E-state index contributed by atoms with van der Waals surface area (Å²) >= 11 is 0. The van der Waals surface area contributed by atoms with Gasteiger partial charge in [0.15, 0.2) is 11.4 Å².